The molecule has 2 heterocycles. The molecule has 1 aliphatic heterocycles. The van der Waals surface area contributed by atoms with Crippen LogP contribution >= 0.6 is 0 Å². The normalized spacial score (nSPS) is 18.3. The number of benzene rings is 2. The lowest BCUT2D eigenvalue weighted by atomic mass is 10.00. The first-order valence-corrected chi connectivity index (χ1v) is 10.5. The monoisotopic (exact) mass is 401 g/mol. The van der Waals surface area contributed by atoms with Crippen LogP contribution in [0.25, 0.3) is 11.5 Å². The third-order valence-corrected chi connectivity index (χ3v) is 6.80. The lowest BCUT2D eigenvalue weighted by Crippen LogP contribution is -2.39. The van der Waals surface area contributed by atoms with Crippen molar-refractivity contribution in [3.05, 3.63) is 65.8 Å². The minimum atomic E-state index is -3.57. The summed E-state index contributed by atoms with van der Waals surface area (Å²) < 4.78 is 46.2. The summed E-state index contributed by atoms with van der Waals surface area (Å²) in [5, 5.41) is 8.15. The topological polar surface area (TPSA) is 76.3 Å². The zero-order valence-electron chi connectivity index (χ0n) is 15.4. The molecule has 1 aromatic heterocycles. The Bertz CT molecular complexity index is 1060. The zero-order chi connectivity index (χ0) is 19.7. The quantitative estimate of drug-likeness (QED) is 0.665. The van der Waals surface area contributed by atoms with Gasteiger partial charge >= 0.3 is 0 Å². The average Bonchev–Trinajstić information content (AvgIpc) is 3.19. The van der Waals surface area contributed by atoms with Crippen molar-refractivity contribution in [3.8, 4) is 11.5 Å². The molecule has 28 heavy (non-hydrogen) atoms. The van der Waals surface area contributed by atoms with Crippen molar-refractivity contribution >= 4 is 10.0 Å². The van der Waals surface area contributed by atoms with Crippen LogP contribution in [0.15, 0.2) is 57.8 Å². The van der Waals surface area contributed by atoms with Crippen molar-refractivity contribution in [3.63, 3.8) is 0 Å². The first-order valence-electron chi connectivity index (χ1n) is 9.09. The molecular formula is C20H20FN3O3S. The Balaban J connectivity index is 1.54. The van der Waals surface area contributed by atoms with Gasteiger partial charge in [-0.15, -0.1) is 10.2 Å². The van der Waals surface area contributed by atoms with E-state index in [1.165, 1.54) is 16.4 Å². The van der Waals surface area contributed by atoms with Crippen molar-refractivity contribution in [2.75, 3.05) is 13.1 Å². The Kier molecular flexibility index (Phi) is 4.99. The van der Waals surface area contributed by atoms with Crippen LogP contribution in [-0.4, -0.2) is 36.0 Å². The second kappa shape index (κ2) is 7.44. The van der Waals surface area contributed by atoms with Crippen LogP contribution in [0.4, 0.5) is 4.39 Å². The number of aryl methyl sites for hydroxylation is 1. The van der Waals surface area contributed by atoms with E-state index >= 15 is 0 Å². The summed E-state index contributed by atoms with van der Waals surface area (Å²) in [5.74, 6) is 0.194. The van der Waals surface area contributed by atoms with Gasteiger partial charge in [-0.25, -0.2) is 12.8 Å². The van der Waals surface area contributed by atoms with Gasteiger partial charge in [0.25, 0.3) is 0 Å². The van der Waals surface area contributed by atoms with Crippen LogP contribution in [-0.2, 0) is 10.0 Å². The molecule has 6 nitrogen and oxygen atoms in total. The maximum atomic E-state index is 13.1. The summed E-state index contributed by atoms with van der Waals surface area (Å²) in [5.41, 5.74) is 1.63. The minimum absolute atomic E-state index is 0.171. The van der Waals surface area contributed by atoms with Crippen molar-refractivity contribution in [2.24, 2.45) is 0 Å². The fourth-order valence-corrected chi connectivity index (χ4v) is 4.85. The fourth-order valence-electron chi connectivity index (χ4n) is 3.33. The highest BCUT2D eigenvalue weighted by Crippen LogP contribution is 2.31. The molecule has 4 rings (SSSR count). The highest BCUT2D eigenvalue weighted by molar-refractivity contribution is 7.89. The van der Waals surface area contributed by atoms with Crippen LogP contribution in [0.3, 0.4) is 0 Å². The molecule has 0 N–H and O–H groups in total. The van der Waals surface area contributed by atoms with Crippen LogP contribution in [0, 0.1) is 12.7 Å². The number of halogens is 1. The van der Waals surface area contributed by atoms with Gasteiger partial charge in [-0.05, 0) is 56.2 Å². The first kappa shape index (κ1) is 18.8. The van der Waals surface area contributed by atoms with Gasteiger partial charge in [-0.2, -0.15) is 4.31 Å². The molecule has 0 bridgehead atoms. The predicted molar refractivity (Wildman–Crippen MR) is 102 cm³/mol. The van der Waals surface area contributed by atoms with E-state index in [2.05, 4.69) is 10.2 Å². The molecule has 0 amide bonds. The lowest BCUT2D eigenvalue weighted by Gasteiger charge is -2.30. The Hall–Kier alpha value is -2.58. The highest BCUT2D eigenvalue weighted by atomic mass is 32.2. The van der Waals surface area contributed by atoms with Crippen LogP contribution < -0.4 is 0 Å². The molecular weight excluding hydrogens is 381 g/mol. The summed E-state index contributed by atoms with van der Waals surface area (Å²) in [4.78, 5) is 0.288. The van der Waals surface area contributed by atoms with E-state index in [1.54, 1.807) is 36.4 Å². The molecule has 0 radical (unpaired) electrons. The molecule has 0 spiro atoms. The van der Waals surface area contributed by atoms with Gasteiger partial charge in [-0.3, -0.25) is 0 Å². The second-order valence-electron chi connectivity index (χ2n) is 6.97. The van der Waals surface area contributed by atoms with E-state index in [-0.39, 0.29) is 16.6 Å². The maximum absolute atomic E-state index is 13.1. The fraction of sp³-hybridized carbons (Fsp3) is 0.300. The van der Waals surface area contributed by atoms with Crippen LogP contribution in [0.1, 0.15) is 30.2 Å². The molecule has 3 aromatic rings. The van der Waals surface area contributed by atoms with Gasteiger partial charge in [-0.1, -0.05) is 17.7 Å². The van der Waals surface area contributed by atoms with E-state index in [0.717, 1.165) is 12.0 Å². The van der Waals surface area contributed by atoms with E-state index in [0.29, 0.717) is 36.9 Å². The van der Waals surface area contributed by atoms with Crippen molar-refractivity contribution in [1.29, 1.82) is 0 Å². The number of rotatable bonds is 4. The van der Waals surface area contributed by atoms with Crippen LogP contribution in [0.2, 0.25) is 0 Å². The van der Waals surface area contributed by atoms with Crippen molar-refractivity contribution in [2.45, 2.75) is 30.6 Å². The number of aromatic nitrogens is 2. The molecule has 1 aliphatic rings. The van der Waals surface area contributed by atoms with Crippen molar-refractivity contribution < 1.29 is 17.2 Å². The highest BCUT2D eigenvalue weighted by Gasteiger charge is 2.33. The minimum Gasteiger partial charge on any atom is -0.420 e. The summed E-state index contributed by atoms with van der Waals surface area (Å²) in [7, 11) is -3.57. The molecule has 0 saturated carbocycles. The Labute approximate surface area is 163 Å². The van der Waals surface area contributed by atoms with Gasteiger partial charge in [0.2, 0.25) is 21.8 Å². The van der Waals surface area contributed by atoms with E-state index in [4.69, 9.17) is 4.42 Å². The summed E-state index contributed by atoms with van der Waals surface area (Å²) in [6.45, 7) is 2.68. The molecule has 1 atom stereocenters. The molecule has 1 saturated heterocycles. The van der Waals surface area contributed by atoms with Gasteiger partial charge in [0.15, 0.2) is 0 Å². The number of nitrogens with zero attached hydrogens (tertiary/aromatic N) is 3. The van der Waals surface area contributed by atoms with Gasteiger partial charge < -0.3 is 4.42 Å². The van der Waals surface area contributed by atoms with Gasteiger partial charge in [0.05, 0.1) is 10.8 Å². The van der Waals surface area contributed by atoms with Gasteiger partial charge in [0.1, 0.15) is 5.82 Å². The molecule has 8 heteroatoms. The molecule has 1 unspecified atom stereocenters. The van der Waals surface area contributed by atoms with Crippen LogP contribution in [0.5, 0.6) is 0 Å². The summed E-state index contributed by atoms with van der Waals surface area (Å²) in [6, 6.07) is 12.7. The van der Waals surface area contributed by atoms with E-state index in [9.17, 15) is 12.8 Å². The number of hydrogen-bond acceptors (Lipinski definition) is 5. The lowest BCUT2D eigenvalue weighted by molar-refractivity contribution is 0.286. The average molecular weight is 401 g/mol. The summed E-state index contributed by atoms with van der Waals surface area (Å²) >= 11 is 0. The molecule has 1 fully saturated rings. The van der Waals surface area contributed by atoms with Gasteiger partial charge in [0, 0.05) is 18.7 Å². The Morgan fingerprint density at radius 2 is 1.79 bits per heavy atom. The largest absolute Gasteiger partial charge is 0.420 e. The maximum Gasteiger partial charge on any atom is 0.247 e. The first-order chi connectivity index (χ1) is 13.4. The Morgan fingerprint density at radius 1 is 1.07 bits per heavy atom. The van der Waals surface area contributed by atoms with E-state index < -0.39 is 10.0 Å². The number of hydrogen-bond donors (Lipinski definition) is 0. The SMILES string of the molecule is Cc1ccc(S(=O)(=O)N2CCCC(c3nnc(-c4ccc(F)cc4)o3)C2)cc1. The standard InChI is InChI=1S/C20H20FN3O3S/c1-14-4-10-18(11-5-14)28(25,26)24-12-2-3-16(13-24)20-23-22-19(27-20)15-6-8-17(21)9-7-15/h4-11,16H,2-3,12-13H2,1H3. The third-order valence-electron chi connectivity index (χ3n) is 4.92. The van der Waals surface area contributed by atoms with E-state index in [1.807, 2.05) is 6.92 Å². The third kappa shape index (κ3) is 3.70. The second-order valence-corrected chi connectivity index (χ2v) is 8.91. The molecule has 146 valence electrons. The smallest absolute Gasteiger partial charge is 0.247 e. The molecule has 0 aliphatic carbocycles. The van der Waals surface area contributed by atoms with Crippen molar-refractivity contribution in [1.82, 2.24) is 14.5 Å². The Morgan fingerprint density at radius 3 is 2.50 bits per heavy atom. The predicted octanol–water partition coefficient (Wildman–Crippen LogP) is 3.75. The zero-order valence-corrected chi connectivity index (χ0v) is 16.2. The number of sulfonamides is 1. The molecule has 2 aromatic carbocycles. The number of piperidine rings is 1. The summed E-state index contributed by atoms with van der Waals surface area (Å²) in [6.07, 6.45) is 1.48.